The Kier molecular flexibility index (Phi) is 7.80. The van der Waals surface area contributed by atoms with Gasteiger partial charge in [0.05, 0.1) is 4.90 Å². The summed E-state index contributed by atoms with van der Waals surface area (Å²) in [6.07, 6.45) is 4.57. The Hall–Kier alpha value is -2.72. The van der Waals surface area contributed by atoms with Gasteiger partial charge in [-0.05, 0) is 57.2 Å². The number of nitrogens with two attached hydrogens (primary N) is 1. The van der Waals surface area contributed by atoms with Crippen LogP contribution in [0.3, 0.4) is 0 Å². The van der Waals surface area contributed by atoms with Crippen LogP contribution in [-0.4, -0.2) is 73.5 Å². The highest BCUT2D eigenvalue weighted by Crippen LogP contribution is 2.39. The SMILES string of the molecule is CCC(CC)N1CCN(c2cccc(S(=O)(=O)c3ccnc(N4CC(C)CC4(C)C)c3C(N)=O)n2)CC1. The number of primary amides is 1. The van der Waals surface area contributed by atoms with Gasteiger partial charge < -0.3 is 15.5 Å². The minimum absolute atomic E-state index is 0.0735. The number of piperazine rings is 1. The maximum Gasteiger partial charge on any atom is 0.253 e. The fraction of sp³-hybridized carbons (Fsp3) is 0.593. The van der Waals surface area contributed by atoms with Gasteiger partial charge in [-0.3, -0.25) is 9.69 Å². The Morgan fingerprint density at radius 3 is 2.38 bits per heavy atom. The van der Waals surface area contributed by atoms with E-state index in [-0.39, 0.29) is 21.0 Å². The summed E-state index contributed by atoms with van der Waals surface area (Å²) in [4.78, 5) is 28.1. The molecule has 10 heteroatoms. The van der Waals surface area contributed by atoms with Gasteiger partial charge in [-0.2, -0.15) is 0 Å². The average molecular weight is 529 g/mol. The van der Waals surface area contributed by atoms with Crippen molar-refractivity contribution >= 4 is 27.4 Å². The number of amides is 1. The minimum Gasteiger partial charge on any atom is -0.365 e. The number of nitrogens with zero attached hydrogens (tertiary/aromatic N) is 5. The second-order valence-electron chi connectivity index (χ2n) is 10.9. The van der Waals surface area contributed by atoms with Gasteiger partial charge in [-0.25, -0.2) is 18.4 Å². The van der Waals surface area contributed by atoms with Crippen LogP contribution < -0.4 is 15.5 Å². The van der Waals surface area contributed by atoms with E-state index in [1.54, 1.807) is 6.07 Å². The zero-order valence-corrected chi connectivity index (χ0v) is 23.5. The lowest BCUT2D eigenvalue weighted by Crippen LogP contribution is -2.50. The fourth-order valence-corrected chi connectivity index (χ4v) is 7.41. The number of rotatable bonds is 8. The standard InChI is InChI=1S/C27H40N6O3S/c1-6-20(7-2)31-13-15-32(16-14-31)22-9-8-10-23(30-22)37(35,36)21-11-12-29-26(24(21)25(28)34)33-18-19(3)17-27(33,4)5/h8-12,19-20H,6-7,13-18H2,1-5H3,(H2,28,34). The molecule has 4 heterocycles. The molecule has 1 atom stereocenters. The van der Waals surface area contributed by atoms with Gasteiger partial charge in [0.25, 0.3) is 5.91 Å². The van der Waals surface area contributed by atoms with Crippen molar-refractivity contribution in [1.82, 2.24) is 14.9 Å². The summed E-state index contributed by atoms with van der Waals surface area (Å²) in [6, 6.07) is 6.95. The number of sulfone groups is 1. The van der Waals surface area contributed by atoms with E-state index in [1.807, 2.05) is 11.0 Å². The molecule has 2 aromatic rings. The molecule has 2 N–H and O–H groups in total. The van der Waals surface area contributed by atoms with Crippen LogP contribution in [0, 0.1) is 5.92 Å². The van der Waals surface area contributed by atoms with Gasteiger partial charge in [0.1, 0.15) is 17.2 Å². The molecule has 9 nitrogen and oxygen atoms in total. The van der Waals surface area contributed by atoms with Crippen LogP contribution in [0.2, 0.25) is 0 Å². The second kappa shape index (κ2) is 10.6. The minimum atomic E-state index is -4.13. The third-order valence-electron chi connectivity index (χ3n) is 7.84. The quantitative estimate of drug-likeness (QED) is 0.555. The van der Waals surface area contributed by atoms with E-state index in [4.69, 9.17) is 5.73 Å². The molecule has 0 spiro atoms. The number of anilines is 2. The molecule has 202 valence electrons. The largest absolute Gasteiger partial charge is 0.365 e. The summed E-state index contributed by atoms with van der Waals surface area (Å²) in [7, 11) is -4.13. The van der Waals surface area contributed by atoms with E-state index >= 15 is 0 Å². The Morgan fingerprint density at radius 1 is 1.14 bits per heavy atom. The van der Waals surface area contributed by atoms with Crippen molar-refractivity contribution in [2.75, 3.05) is 42.5 Å². The Labute approximate surface area is 221 Å². The highest BCUT2D eigenvalue weighted by atomic mass is 32.2. The molecule has 1 unspecified atom stereocenters. The maximum atomic E-state index is 13.9. The van der Waals surface area contributed by atoms with Crippen LogP contribution in [0.15, 0.2) is 40.4 Å². The van der Waals surface area contributed by atoms with Crippen LogP contribution in [-0.2, 0) is 9.84 Å². The van der Waals surface area contributed by atoms with Crippen LogP contribution in [0.1, 0.15) is 64.2 Å². The molecule has 0 bridgehead atoms. The molecule has 0 radical (unpaired) electrons. The van der Waals surface area contributed by atoms with Crippen molar-refractivity contribution in [3.8, 4) is 0 Å². The lowest BCUT2D eigenvalue weighted by atomic mass is 9.97. The van der Waals surface area contributed by atoms with Gasteiger partial charge in [0.15, 0.2) is 5.03 Å². The van der Waals surface area contributed by atoms with E-state index in [0.29, 0.717) is 30.1 Å². The molecule has 0 saturated carbocycles. The number of hydrogen-bond donors (Lipinski definition) is 1. The Bertz CT molecular complexity index is 1240. The monoisotopic (exact) mass is 528 g/mol. The van der Waals surface area contributed by atoms with Crippen molar-refractivity contribution in [3.63, 3.8) is 0 Å². The number of pyridine rings is 2. The number of hydrogen-bond acceptors (Lipinski definition) is 8. The van der Waals surface area contributed by atoms with Crippen molar-refractivity contribution in [3.05, 3.63) is 36.0 Å². The summed E-state index contributed by atoms with van der Waals surface area (Å²) in [6.45, 7) is 14.7. The predicted molar refractivity (Wildman–Crippen MR) is 146 cm³/mol. The van der Waals surface area contributed by atoms with E-state index < -0.39 is 15.7 Å². The van der Waals surface area contributed by atoms with Gasteiger partial charge in [-0.1, -0.05) is 26.8 Å². The predicted octanol–water partition coefficient (Wildman–Crippen LogP) is 3.34. The highest BCUT2D eigenvalue weighted by Gasteiger charge is 2.40. The molecule has 2 aliphatic heterocycles. The summed E-state index contributed by atoms with van der Waals surface area (Å²) in [5.41, 5.74) is 5.43. The summed E-state index contributed by atoms with van der Waals surface area (Å²) >= 11 is 0. The van der Waals surface area contributed by atoms with Crippen molar-refractivity contribution < 1.29 is 13.2 Å². The molecule has 2 aliphatic rings. The Balaban J connectivity index is 1.67. The molecule has 0 aromatic carbocycles. The van der Waals surface area contributed by atoms with Gasteiger partial charge in [-0.15, -0.1) is 0 Å². The van der Waals surface area contributed by atoms with Gasteiger partial charge in [0.2, 0.25) is 9.84 Å². The average Bonchev–Trinajstić information content (AvgIpc) is 3.16. The number of carbonyl (C=O) groups excluding carboxylic acids is 1. The van der Waals surface area contributed by atoms with E-state index in [0.717, 1.165) is 45.4 Å². The fourth-order valence-electron chi connectivity index (χ4n) is 6.02. The molecular weight excluding hydrogens is 488 g/mol. The van der Waals surface area contributed by atoms with Crippen LogP contribution in [0.5, 0.6) is 0 Å². The van der Waals surface area contributed by atoms with Crippen LogP contribution >= 0.6 is 0 Å². The first-order chi connectivity index (χ1) is 17.5. The topological polar surface area (TPSA) is 113 Å². The van der Waals surface area contributed by atoms with E-state index in [2.05, 4.69) is 54.4 Å². The highest BCUT2D eigenvalue weighted by molar-refractivity contribution is 7.91. The molecule has 4 rings (SSSR count). The van der Waals surface area contributed by atoms with Gasteiger partial charge >= 0.3 is 0 Å². The summed E-state index contributed by atoms with van der Waals surface area (Å²) in [5.74, 6) is 0.499. The summed E-state index contributed by atoms with van der Waals surface area (Å²) < 4.78 is 27.7. The molecule has 1 amide bonds. The van der Waals surface area contributed by atoms with Crippen molar-refractivity contribution in [2.45, 2.75) is 75.4 Å². The van der Waals surface area contributed by atoms with Crippen LogP contribution in [0.25, 0.3) is 0 Å². The zero-order valence-electron chi connectivity index (χ0n) is 22.6. The molecule has 2 fully saturated rings. The normalized spacial score (nSPS) is 20.5. The second-order valence-corrected chi connectivity index (χ2v) is 12.8. The third kappa shape index (κ3) is 5.31. The first-order valence-corrected chi connectivity index (χ1v) is 14.8. The molecule has 2 aromatic heterocycles. The molecular formula is C27H40N6O3S. The molecule has 2 saturated heterocycles. The van der Waals surface area contributed by atoms with Gasteiger partial charge in [0, 0.05) is 50.5 Å². The zero-order chi connectivity index (χ0) is 27.0. The van der Waals surface area contributed by atoms with E-state index in [1.165, 1.54) is 18.3 Å². The lowest BCUT2D eigenvalue weighted by molar-refractivity contribution is 0.0997. The van der Waals surface area contributed by atoms with Crippen molar-refractivity contribution in [1.29, 1.82) is 0 Å². The lowest BCUT2D eigenvalue weighted by Gasteiger charge is -2.39. The maximum absolute atomic E-state index is 13.9. The van der Waals surface area contributed by atoms with E-state index in [9.17, 15) is 13.2 Å². The first-order valence-electron chi connectivity index (χ1n) is 13.3. The number of aromatic nitrogens is 2. The number of carbonyl (C=O) groups is 1. The molecule has 0 aliphatic carbocycles. The third-order valence-corrected chi connectivity index (χ3v) is 9.54. The Morgan fingerprint density at radius 2 is 1.81 bits per heavy atom. The van der Waals surface area contributed by atoms with Crippen LogP contribution in [0.4, 0.5) is 11.6 Å². The summed E-state index contributed by atoms with van der Waals surface area (Å²) in [5, 5.41) is -0.0962. The smallest absolute Gasteiger partial charge is 0.253 e. The molecule has 37 heavy (non-hydrogen) atoms. The van der Waals surface area contributed by atoms with Crippen molar-refractivity contribution in [2.24, 2.45) is 11.7 Å². The first kappa shape index (κ1) is 27.3.